The van der Waals surface area contributed by atoms with Crippen LogP contribution in [0.5, 0.6) is 0 Å². The van der Waals surface area contributed by atoms with Crippen molar-refractivity contribution in [2.45, 2.75) is 46.6 Å². The Hall–Kier alpha value is 1.06. The van der Waals surface area contributed by atoms with E-state index in [4.69, 9.17) is 0 Å². The maximum atomic E-state index is 4.44. The van der Waals surface area contributed by atoms with E-state index in [1.165, 1.54) is 11.3 Å². The Balaban J connectivity index is -0.000000750. The van der Waals surface area contributed by atoms with Crippen LogP contribution in [0, 0.1) is 44.8 Å². The van der Waals surface area contributed by atoms with Crippen molar-refractivity contribution in [2.75, 3.05) is 7.05 Å². The molecule has 0 spiro atoms. The van der Waals surface area contributed by atoms with E-state index in [2.05, 4.69) is 38.0 Å². The van der Waals surface area contributed by atoms with E-state index in [-0.39, 0.29) is 66.2 Å². The summed E-state index contributed by atoms with van der Waals surface area (Å²) in [5.41, 5.74) is 2.49. The number of hydrogen-bond donors (Lipinski definition) is 0. The summed E-state index contributed by atoms with van der Waals surface area (Å²) in [5, 5.41) is 0. The molecule has 0 fully saturated rings. The van der Waals surface area contributed by atoms with Gasteiger partial charge in [-0.15, -0.1) is 0 Å². The Morgan fingerprint density at radius 2 is 2.00 bits per heavy atom. The van der Waals surface area contributed by atoms with Crippen LogP contribution in [-0.2, 0) is 33.9 Å². The van der Waals surface area contributed by atoms with Crippen molar-refractivity contribution in [1.29, 1.82) is 0 Å². The van der Waals surface area contributed by atoms with Gasteiger partial charge in [0.2, 0.25) is 0 Å². The van der Waals surface area contributed by atoms with Crippen LogP contribution in [0.1, 0.15) is 39.0 Å². The van der Waals surface area contributed by atoms with Crippen molar-refractivity contribution in [2.24, 2.45) is 0 Å². The summed E-state index contributed by atoms with van der Waals surface area (Å²) in [6, 6.07) is 4.81. The number of rotatable bonds is 5. The van der Waals surface area contributed by atoms with E-state index in [0.717, 1.165) is 19.3 Å². The van der Waals surface area contributed by atoms with E-state index in [1.54, 1.807) is 0 Å². The van der Waals surface area contributed by atoms with Gasteiger partial charge in [-0.1, -0.05) is 27.3 Å². The predicted octanol–water partition coefficient (Wildman–Crippen LogP) is 3.32. The van der Waals surface area contributed by atoms with Crippen LogP contribution in [0.2, 0.25) is 0 Å². The van der Waals surface area contributed by atoms with Crippen LogP contribution in [-0.4, -0.2) is 23.0 Å². The minimum atomic E-state index is 0. The number of hydrogen-bond acceptors (Lipinski definition) is 2. The van der Waals surface area contributed by atoms with Gasteiger partial charge in [0.05, 0.1) is 0 Å². The SMILES string of the molecule is C.[Ar].[CH2-]N(C)C(C)CCc1ccc(CC)cn1.[W]. The van der Waals surface area contributed by atoms with E-state index in [1.807, 2.05) is 18.1 Å². The predicted molar refractivity (Wildman–Crippen MR) is 71.2 cm³/mol. The Bertz CT molecular complexity index is 288. The molecule has 1 atom stereocenters. The number of aryl methyl sites for hydroxylation is 2. The number of pyridine rings is 1. The van der Waals surface area contributed by atoms with Crippen LogP contribution in [0.15, 0.2) is 18.3 Å². The van der Waals surface area contributed by atoms with E-state index >= 15 is 0 Å². The second-order valence-corrected chi connectivity index (χ2v) is 4.16. The molecular formula is C14H25ArN2W-. The smallest absolute Gasteiger partial charge is 0.0404 e. The molecular weight excluding hydrogens is 420 g/mol. The fourth-order valence-electron chi connectivity index (χ4n) is 1.39. The molecule has 0 N–H and O–H groups in total. The molecule has 0 aliphatic rings. The largest absolute Gasteiger partial charge is 0.459 e. The summed E-state index contributed by atoms with van der Waals surface area (Å²) < 4.78 is 0. The third kappa shape index (κ3) is 9.04. The molecule has 1 aromatic rings. The van der Waals surface area contributed by atoms with Crippen LogP contribution >= 0.6 is 0 Å². The zero-order valence-electron chi connectivity index (χ0n) is 10.8. The molecule has 1 aromatic heterocycles. The van der Waals surface area contributed by atoms with Crippen LogP contribution in [0.25, 0.3) is 0 Å². The van der Waals surface area contributed by atoms with Gasteiger partial charge < -0.3 is 4.90 Å². The molecule has 18 heavy (non-hydrogen) atoms. The van der Waals surface area contributed by atoms with E-state index in [9.17, 15) is 0 Å². The number of nitrogens with zero attached hydrogens (tertiary/aromatic N) is 2. The molecule has 1 unspecified atom stereocenters. The first-order valence-corrected chi connectivity index (χ1v) is 5.60. The molecule has 1 rings (SSSR count). The summed E-state index contributed by atoms with van der Waals surface area (Å²) in [6.07, 6.45) is 5.18. The summed E-state index contributed by atoms with van der Waals surface area (Å²) in [5.74, 6) is 0. The second kappa shape index (κ2) is 13.1. The molecule has 0 radical (unpaired) electrons. The molecule has 2 nitrogen and oxygen atoms in total. The zero-order chi connectivity index (χ0) is 11.3. The first-order valence-electron chi connectivity index (χ1n) is 5.60. The molecule has 0 aliphatic heterocycles. The van der Waals surface area contributed by atoms with E-state index in [0.29, 0.717) is 6.04 Å². The van der Waals surface area contributed by atoms with Gasteiger partial charge in [0.15, 0.2) is 0 Å². The molecule has 0 bridgehead atoms. The average molecular weight is 445 g/mol. The summed E-state index contributed by atoms with van der Waals surface area (Å²) >= 11 is 0. The third-order valence-electron chi connectivity index (χ3n) is 2.86. The van der Waals surface area contributed by atoms with Crippen molar-refractivity contribution in [3.63, 3.8) is 0 Å². The normalized spacial score (nSPS) is 10.9. The van der Waals surface area contributed by atoms with Crippen molar-refractivity contribution >= 4 is 0 Å². The van der Waals surface area contributed by atoms with Gasteiger partial charge in [-0.2, -0.15) is 0 Å². The monoisotopic (exact) mass is 445 g/mol. The molecule has 106 valence electrons. The standard InChI is InChI=1S/C13H21N2.CH4.Ar.W/c1-5-12-7-9-13(14-10-12)8-6-11(2)15(3)4;;;/h7,9-11H,3,5-6,8H2,1-2,4H3;1H4;;/q-1;;;. The maximum absolute atomic E-state index is 4.44. The zero-order valence-corrected chi connectivity index (χ0v) is 14.4. The van der Waals surface area contributed by atoms with Crippen molar-refractivity contribution in [3.8, 4) is 0 Å². The first kappa shape index (κ1) is 24.1. The van der Waals surface area contributed by atoms with Crippen LogP contribution in [0.4, 0.5) is 0 Å². The maximum Gasteiger partial charge on any atom is 0.0404 e. The van der Waals surface area contributed by atoms with Crippen LogP contribution in [0.3, 0.4) is 0 Å². The van der Waals surface area contributed by atoms with Gasteiger partial charge >= 0.3 is 0 Å². The Kier molecular flexibility index (Phi) is 17.5. The summed E-state index contributed by atoms with van der Waals surface area (Å²) in [4.78, 5) is 6.44. The van der Waals surface area contributed by atoms with Crippen molar-refractivity contribution in [1.82, 2.24) is 9.88 Å². The van der Waals surface area contributed by atoms with Gasteiger partial charge in [0, 0.05) is 70.7 Å². The van der Waals surface area contributed by atoms with Gasteiger partial charge in [-0.25, -0.2) is 0 Å². The fourth-order valence-corrected chi connectivity index (χ4v) is 1.39. The topological polar surface area (TPSA) is 16.1 Å². The van der Waals surface area contributed by atoms with E-state index < -0.39 is 0 Å². The Morgan fingerprint density at radius 3 is 2.39 bits per heavy atom. The molecule has 0 aromatic carbocycles. The van der Waals surface area contributed by atoms with Gasteiger partial charge in [0.1, 0.15) is 0 Å². The van der Waals surface area contributed by atoms with Crippen LogP contribution < -0.4 is 0 Å². The number of aromatic nitrogens is 1. The van der Waals surface area contributed by atoms with Gasteiger partial charge in [-0.3, -0.25) is 12.0 Å². The van der Waals surface area contributed by atoms with Gasteiger partial charge in [0.25, 0.3) is 0 Å². The summed E-state index contributed by atoms with van der Waals surface area (Å²) in [7, 11) is 5.90. The van der Waals surface area contributed by atoms with Gasteiger partial charge in [-0.05, 0) is 44.0 Å². The Labute approximate surface area is 157 Å². The molecule has 0 saturated heterocycles. The molecule has 4 heteroatoms. The minimum absolute atomic E-state index is 0. The molecule has 0 saturated carbocycles. The second-order valence-electron chi connectivity index (χ2n) is 4.16. The fraction of sp³-hybridized carbons (Fsp3) is 0.571. The third-order valence-corrected chi connectivity index (χ3v) is 2.86. The van der Waals surface area contributed by atoms with Crippen molar-refractivity contribution in [3.05, 3.63) is 36.6 Å². The summed E-state index contributed by atoms with van der Waals surface area (Å²) in [6.45, 7) is 4.34. The Morgan fingerprint density at radius 1 is 1.39 bits per heavy atom. The first-order chi connectivity index (χ1) is 7.13. The van der Waals surface area contributed by atoms with Crippen molar-refractivity contribution < 1.29 is 58.8 Å². The quantitative estimate of drug-likeness (QED) is 0.647. The average Bonchev–Trinajstić information content (AvgIpc) is 2.26. The minimum Gasteiger partial charge on any atom is -0.459 e. The molecule has 0 aliphatic carbocycles. The molecule has 0 amide bonds. The molecule has 1 heterocycles.